The maximum absolute atomic E-state index is 12.2. The highest BCUT2D eigenvalue weighted by Crippen LogP contribution is 2.29. The summed E-state index contributed by atoms with van der Waals surface area (Å²) in [5.41, 5.74) is 0.0985. The van der Waals surface area contributed by atoms with E-state index in [1.54, 1.807) is 0 Å². The maximum Gasteiger partial charge on any atom is 0.274 e. The lowest BCUT2D eigenvalue weighted by molar-refractivity contribution is -0.385. The third-order valence-electron chi connectivity index (χ3n) is 2.90. The van der Waals surface area contributed by atoms with Crippen molar-refractivity contribution < 1.29 is 18.4 Å². The Hall–Kier alpha value is -2.61. The first kappa shape index (κ1) is 14.8. The van der Waals surface area contributed by atoms with Crippen LogP contribution in [0.25, 0.3) is 0 Å². The molecule has 7 nitrogen and oxygen atoms in total. The molecule has 110 valence electrons. The molecule has 0 bridgehead atoms. The number of rotatable bonds is 4. The number of nitro groups is 1. The largest absolute Gasteiger partial charge is 0.507 e. The Labute approximate surface area is 121 Å². The van der Waals surface area contributed by atoms with Gasteiger partial charge in [-0.15, -0.1) is 0 Å². The fourth-order valence-electron chi connectivity index (χ4n) is 1.82. The smallest absolute Gasteiger partial charge is 0.274 e. The fourth-order valence-corrected chi connectivity index (χ4v) is 3.04. The number of hydrogen-bond donors (Lipinski definition) is 2. The van der Waals surface area contributed by atoms with Crippen LogP contribution in [0.1, 0.15) is 5.56 Å². The summed E-state index contributed by atoms with van der Waals surface area (Å²) in [5.74, 6) is -0.395. The van der Waals surface area contributed by atoms with Gasteiger partial charge < -0.3 is 5.11 Å². The van der Waals surface area contributed by atoms with Crippen LogP contribution in [0.2, 0.25) is 0 Å². The standard InChI is InChI=1S/C13H12N2O5S/c1-9-10(5-4-6-11(9)15(17)18)14-21(19,20)13-8-3-2-7-12(13)16/h2-8,14,16H,1H3. The summed E-state index contributed by atoms with van der Waals surface area (Å²) in [6.45, 7) is 1.45. The number of para-hydroxylation sites is 1. The second-order valence-corrected chi connectivity index (χ2v) is 5.93. The monoisotopic (exact) mass is 308 g/mol. The predicted molar refractivity (Wildman–Crippen MR) is 76.7 cm³/mol. The van der Waals surface area contributed by atoms with E-state index in [4.69, 9.17) is 0 Å². The number of phenolic OH excluding ortho intramolecular Hbond substituents is 1. The first-order valence-electron chi connectivity index (χ1n) is 5.88. The molecule has 0 radical (unpaired) electrons. The molecular formula is C13H12N2O5S. The Morgan fingerprint density at radius 2 is 1.81 bits per heavy atom. The molecule has 0 atom stereocenters. The van der Waals surface area contributed by atoms with Gasteiger partial charge in [0.15, 0.2) is 0 Å². The van der Waals surface area contributed by atoms with Gasteiger partial charge in [0.1, 0.15) is 10.6 Å². The van der Waals surface area contributed by atoms with Crippen molar-refractivity contribution in [3.63, 3.8) is 0 Å². The van der Waals surface area contributed by atoms with Crippen molar-refractivity contribution in [2.45, 2.75) is 11.8 Å². The van der Waals surface area contributed by atoms with Crippen molar-refractivity contribution in [3.8, 4) is 5.75 Å². The number of nitrogens with one attached hydrogen (secondary N) is 1. The van der Waals surface area contributed by atoms with E-state index in [2.05, 4.69) is 4.72 Å². The minimum absolute atomic E-state index is 0.0902. The minimum Gasteiger partial charge on any atom is -0.507 e. The van der Waals surface area contributed by atoms with Gasteiger partial charge in [-0.3, -0.25) is 14.8 Å². The average molecular weight is 308 g/mol. The zero-order valence-electron chi connectivity index (χ0n) is 11.0. The van der Waals surface area contributed by atoms with Crippen LogP contribution in [0.3, 0.4) is 0 Å². The fraction of sp³-hybridized carbons (Fsp3) is 0.0769. The molecule has 2 rings (SSSR count). The van der Waals surface area contributed by atoms with Gasteiger partial charge in [-0.1, -0.05) is 18.2 Å². The number of benzene rings is 2. The quantitative estimate of drug-likeness (QED) is 0.665. The van der Waals surface area contributed by atoms with Gasteiger partial charge in [-0.2, -0.15) is 0 Å². The van der Waals surface area contributed by atoms with Crippen molar-refractivity contribution in [3.05, 3.63) is 58.1 Å². The highest BCUT2D eigenvalue weighted by atomic mass is 32.2. The number of hydrogen-bond acceptors (Lipinski definition) is 5. The van der Waals surface area contributed by atoms with Crippen molar-refractivity contribution in [1.29, 1.82) is 0 Å². The van der Waals surface area contributed by atoms with Crippen molar-refractivity contribution in [2.24, 2.45) is 0 Å². The molecule has 8 heteroatoms. The molecule has 0 heterocycles. The van der Waals surface area contributed by atoms with Crippen LogP contribution in [0, 0.1) is 17.0 Å². The molecule has 2 aromatic carbocycles. The second-order valence-electron chi connectivity index (χ2n) is 4.28. The Bertz CT molecular complexity index is 802. The van der Waals surface area contributed by atoms with E-state index >= 15 is 0 Å². The van der Waals surface area contributed by atoms with Crippen LogP contribution in [0.4, 0.5) is 11.4 Å². The molecule has 21 heavy (non-hydrogen) atoms. The molecule has 0 spiro atoms. The summed E-state index contributed by atoms with van der Waals surface area (Å²) in [6, 6.07) is 9.53. The zero-order chi connectivity index (χ0) is 15.6. The normalized spacial score (nSPS) is 11.1. The average Bonchev–Trinajstić information content (AvgIpc) is 2.41. The summed E-state index contributed by atoms with van der Waals surface area (Å²) >= 11 is 0. The van der Waals surface area contributed by atoms with Crippen LogP contribution in [0.5, 0.6) is 5.75 Å². The molecule has 0 unspecified atom stereocenters. The van der Waals surface area contributed by atoms with Crippen LogP contribution < -0.4 is 4.72 Å². The molecule has 0 fully saturated rings. The predicted octanol–water partition coefficient (Wildman–Crippen LogP) is 2.41. The summed E-state index contributed by atoms with van der Waals surface area (Å²) in [5, 5.41) is 20.5. The summed E-state index contributed by atoms with van der Waals surface area (Å²) in [6.07, 6.45) is 0. The van der Waals surface area contributed by atoms with Gasteiger partial charge >= 0.3 is 0 Å². The van der Waals surface area contributed by atoms with E-state index in [1.807, 2.05) is 0 Å². The third kappa shape index (κ3) is 2.95. The number of nitrogens with zero attached hydrogens (tertiary/aromatic N) is 1. The molecule has 2 N–H and O–H groups in total. The Kier molecular flexibility index (Phi) is 3.81. The van der Waals surface area contributed by atoms with Crippen molar-refractivity contribution >= 4 is 21.4 Å². The molecule has 0 aliphatic carbocycles. The molecule has 0 amide bonds. The second kappa shape index (κ2) is 5.41. The van der Waals surface area contributed by atoms with E-state index in [-0.39, 0.29) is 21.8 Å². The molecular weight excluding hydrogens is 296 g/mol. The zero-order valence-corrected chi connectivity index (χ0v) is 11.8. The number of anilines is 1. The number of sulfonamides is 1. The van der Waals surface area contributed by atoms with Gasteiger partial charge in [0.05, 0.1) is 16.2 Å². The summed E-state index contributed by atoms with van der Waals surface area (Å²) < 4.78 is 26.7. The Morgan fingerprint density at radius 1 is 1.14 bits per heavy atom. The summed E-state index contributed by atoms with van der Waals surface area (Å²) in [4.78, 5) is 9.97. The number of phenols is 1. The number of aromatic hydroxyl groups is 1. The van der Waals surface area contributed by atoms with Crippen molar-refractivity contribution in [1.82, 2.24) is 0 Å². The van der Waals surface area contributed by atoms with Gasteiger partial charge in [0, 0.05) is 6.07 Å². The molecule has 2 aromatic rings. The van der Waals surface area contributed by atoms with E-state index in [1.165, 1.54) is 49.4 Å². The lowest BCUT2D eigenvalue weighted by Crippen LogP contribution is -2.14. The topological polar surface area (TPSA) is 110 Å². The highest BCUT2D eigenvalue weighted by molar-refractivity contribution is 7.92. The van der Waals surface area contributed by atoms with E-state index in [0.717, 1.165) is 0 Å². The molecule has 0 saturated heterocycles. The first-order valence-corrected chi connectivity index (χ1v) is 7.36. The van der Waals surface area contributed by atoms with Crippen LogP contribution >= 0.6 is 0 Å². The molecule has 0 aliphatic heterocycles. The Morgan fingerprint density at radius 3 is 2.43 bits per heavy atom. The molecule has 0 aliphatic rings. The number of nitro benzene ring substituents is 1. The van der Waals surface area contributed by atoms with Crippen LogP contribution in [-0.2, 0) is 10.0 Å². The highest BCUT2D eigenvalue weighted by Gasteiger charge is 2.21. The third-order valence-corrected chi connectivity index (χ3v) is 4.31. The minimum atomic E-state index is -4.03. The van der Waals surface area contributed by atoms with E-state index in [9.17, 15) is 23.6 Å². The van der Waals surface area contributed by atoms with Gasteiger partial charge in [-0.05, 0) is 25.1 Å². The van der Waals surface area contributed by atoms with E-state index in [0.29, 0.717) is 0 Å². The molecule has 0 saturated carbocycles. The first-order chi connectivity index (χ1) is 9.83. The lowest BCUT2D eigenvalue weighted by atomic mass is 10.2. The van der Waals surface area contributed by atoms with Crippen LogP contribution in [0.15, 0.2) is 47.4 Å². The summed E-state index contributed by atoms with van der Waals surface area (Å²) in [7, 11) is -4.03. The SMILES string of the molecule is Cc1c(NS(=O)(=O)c2ccccc2O)cccc1[N+](=O)[O-]. The Balaban J connectivity index is 2.45. The van der Waals surface area contributed by atoms with Gasteiger partial charge in [0.2, 0.25) is 0 Å². The van der Waals surface area contributed by atoms with Crippen LogP contribution in [-0.4, -0.2) is 18.4 Å². The lowest BCUT2D eigenvalue weighted by Gasteiger charge is -2.11. The van der Waals surface area contributed by atoms with E-state index < -0.39 is 20.7 Å². The maximum atomic E-state index is 12.2. The molecule has 0 aromatic heterocycles. The van der Waals surface area contributed by atoms with Gasteiger partial charge in [0.25, 0.3) is 15.7 Å². The van der Waals surface area contributed by atoms with Gasteiger partial charge in [-0.25, -0.2) is 8.42 Å². The van der Waals surface area contributed by atoms with Crippen molar-refractivity contribution in [2.75, 3.05) is 4.72 Å².